The first kappa shape index (κ1) is 14.9. The van der Waals surface area contributed by atoms with Crippen LogP contribution in [0.2, 0.25) is 0 Å². The molecule has 1 unspecified atom stereocenters. The summed E-state index contributed by atoms with van der Waals surface area (Å²) >= 11 is 0. The molecule has 0 aromatic carbocycles. The van der Waals surface area contributed by atoms with E-state index in [0.717, 1.165) is 32.2 Å². The van der Waals surface area contributed by atoms with Crippen molar-refractivity contribution in [1.29, 1.82) is 0 Å². The zero-order valence-electron chi connectivity index (χ0n) is 10.9. The molecule has 0 aromatic heterocycles. The van der Waals surface area contributed by atoms with Crippen LogP contribution in [-0.2, 0) is 10.2 Å². The second-order valence-corrected chi connectivity index (χ2v) is 6.58. The Kier molecular flexibility index (Phi) is 6.40. The van der Waals surface area contributed by atoms with E-state index in [2.05, 4.69) is 10.0 Å². The number of hydrogen-bond acceptors (Lipinski definition) is 3. The summed E-state index contributed by atoms with van der Waals surface area (Å²) < 4.78 is 28.4. The molecule has 1 heterocycles. The zero-order chi connectivity index (χ0) is 12.7. The molecule has 0 spiro atoms. The molecule has 0 radical (unpaired) electrons. The van der Waals surface area contributed by atoms with E-state index in [0.29, 0.717) is 25.6 Å². The van der Waals surface area contributed by atoms with Crippen molar-refractivity contribution in [3.05, 3.63) is 0 Å². The van der Waals surface area contributed by atoms with Crippen LogP contribution in [0, 0.1) is 5.92 Å². The molecular weight excluding hydrogens is 238 g/mol. The molecule has 17 heavy (non-hydrogen) atoms. The van der Waals surface area contributed by atoms with E-state index in [4.69, 9.17) is 0 Å². The third kappa shape index (κ3) is 5.33. The van der Waals surface area contributed by atoms with Gasteiger partial charge in [-0.15, -0.1) is 0 Å². The number of rotatable bonds is 6. The van der Waals surface area contributed by atoms with Crippen LogP contribution >= 0.6 is 0 Å². The van der Waals surface area contributed by atoms with E-state index in [1.807, 2.05) is 14.0 Å². The fourth-order valence-corrected chi connectivity index (χ4v) is 3.46. The third-order valence-corrected chi connectivity index (χ3v) is 4.65. The molecule has 102 valence electrons. The lowest BCUT2D eigenvalue weighted by atomic mass is 10.2. The number of hydrogen-bond donors (Lipinski definition) is 2. The van der Waals surface area contributed by atoms with Gasteiger partial charge in [-0.3, -0.25) is 0 Å². The molecule has 1 aliphatic rings. The largest absolute Gasteiger partial charge is 0.319 e. The van der Waals surface area contributed by atoms with Crippen LogP contribution in [0.1, 0.15) is 32.6 Å². The molecule has 1 saturated heterocycles. The minimum atomic E-state index is -3.26. The first-order valence-corrected chi connectivity index (χ1v) is 7.89. The van der Waals surface area contributed by atoms with Crippen LogP contribution in [0.5, 0.6) is 0 Å². The van der Waals surface area contributed by atoms with E-state index >= 15 is 0 Å². The summed E-state index contributed by atoms with van der Waals surface area (Å²) in [6, 6.07) is 0. The molecule has 5 nitrogen and oxygen atoms in total. The molecule has 0 saturated carbocycles. The minimum absolute atomic E-state index is 0.307. The van der Waals surface area contributed by atoms with Gasteiger partial charge in [0.1, 0.15) is 0 Å². The Morgan fingerprint density at radius 2 is 1.71 bits per heavy atom. The predicted octanol–water partition coefficient (Wildman–Crippen LogP) is 0.552. The molecule has 1 aliphatic heterocycles. The number of nitrogens with zero attached hydrogens (tertiary/aromatic N) is 1. The summed E-state index contributed by atoms with van der Waals surface area (Å²) in [4.78, 5) is 0. The van der Waals surface area contributed by atoms with Crippen molar-refractivity contribution in [2.24, 2.45) is 5.92 Å². The van der Waals surface area contributed by atoms with Gasteiger partial charge < -0.3 is 5.32 Å². The molecule has 1 rings (SSSR count). The maximum atomic E-state index is 12.0. The van der Waals surface area contributed by atoms with Crippen LogP contribution in [0.15, 0.2) is 0 Å². The lowest BCUT2D eigenvalue weighted by Gasteiger charge is -2.21. The van der Waals surface area contributed by atoms with Crippen molar-refractivity contribution in [3.63, 3.8) is 0 Å². The maximum Gasteiger partial charge on any atom is 0.279 e. The summed E-state index contributed by atoms with van der Waals surface area (Å²) in [5.74, 6) is 0.307. The molecule has 0 bridgehead atoms. The fraction of sp³-hybridized carbons (Fsp3) is 1.00. The monoisotopic (exact) mass is 263 g/mol. The molecule has 0 amide bonds. The van der Waals surface area contributed by atoms with Gasteiger partial charge in [0, 0.05) is 19.6 Å². The van der Waals surface area contributed by atoms with Gasteiger partial charge in [-0.2, -0.15) is 12.7 Å². The summed E-state index contributed by atoms with van der Waals surface area (Å²) in [6.45, 7) is 4.68. The highest BCUT2D eigenvalue weighted by Crippen LogP contribution is 2.12. The highest BCUT2D eigenvalue weighted by atomic mass is 32.2. The van der Waals surface area contributed by atoms with Crippen molar-refractivity contribution in [3.8, 4) is 0 Å². The van der Waals surface area contributed by atoms with Crippen molar-refractivity contribution >= 4 is 10.2 Å². The number of nitrogens with one attached hydrogen (secondary N) is 2. The Labute approximate surface area is 105 Å². The van der Waals surface area contributed by atoms with Crippen LogP contribution in [0.4, 0.5) is 0 Å². The molecule has 6 heteroatoms. The molecule has 0 aliphatic carbocycles. The van der Waals surface area contributed by atoms with Gasteiger partial charge in [-0.05, 0) is 32.4 Å². The zero-order valence-corrected chi connectivity index (χ0v) is 11.7. The van der Waals surface area contributed by atoms with Crippen LogP contribution in [-0.4, -0.2) is 45.9 Å². The summed E-state index contributed by atoms with van der Waals surface area (Å²) in [6.07, 6.45) is 4.24. The first-order valence-electron chi connectivity index (χ1n) is 6.45. The Hall–Kier alpha value is -0.170. The molecule has 1 atom stereocenters. The Bertz CT molecular complexity index is 298. The third-order valence-electron chi connectivity index (χ3n) is 3.07. The molecular formula is C11H25N3O2S. The standard InChI is InChI=1S/C11H25N3O2S/c1-11(9-12-2)10-13-17(15,16)14-7-5-3-4-6-8-14/h11-13H,3-10H2,1-2H3. The first-order chi connectivity index (χ1) is 8.06. The van der Waals surface area contributed by atoms with E-state index in [1.165, 1.54) is 0 Å². The van der Waals surface area contributed by atoms with Gasteiger partial charge >= 0.3 is 0 Å². The topological polar surface area (TPSA) is 61.4 Å². The van der Waals surface area contributed by atoms with Crippen molar-refractivity contribution in [2.75, 3.05) is 33.2 Å². The average molecular weight is 263 g/mol. The Morgan fingerprint density at radius 3 is 2.24 bits per heavy atom. The summed E-state index contributed by atoms with van der Waals surface area (Å²) in [5.41, 5.74) is 0. The van der Waals surface area contributed by atoms with E-state index in [-0.39, 0.29) is 0 Å². The predicted molar refractivity (Wildman–Crippen MR) is 70.1 cm³/mol. The molecule has 1 fully saturated rings. The van der Waals surface area contributed by atoms with Crippen LogP contribution in [0.3, 0.4) is 0 Å². The minimum Gasteiger partial charge on any atom is -0.319 e. The lowest BCUT2D eigenvalue weighted by molar-refractivity contribution is 0.408. The maximum absolute atomic E-state index is 12.0. The lowest BCUT2D eigenvalue weighted by Crippen LogP contribution is -2.43. The molecule has 2 N–H and O–H groups in total. The second kappa shape index (κ2) is 7.31. The Morgan fingerprint density at radius 1 is 1.12 bits per heavy atom. The van der Waals surface area contributed by atoms with E-state index in [1.54, 1.807) is 4.31 Å². The van der Waals surface area contributed by atoms with Gasteiger partial charge in [-0.1, -0.05) is 19.8 Å². The normalized spacial score (nSPS) is 21.1. The van der Waals surface area contributed by atoms with Crippen molar-refractivity contribution < 1.29 is 8.42 Å². The smallest absolute Gasteiger partial charge is 0.279 e. The summed E-state index contributed by atoms with van der Waals surface area (Å²) in [5, 5.41) is 3.04. The molecule has 0 aromatic rings. The van der Waals surface area contributed by atoms with Gasteiger partial charge in [0.15, 0.2) is 0 Å². The highest BCUT2D eigenvalue weighted by Gasteiger charge is 2.22. The Balaban J connectivity index is 2.43. The van der Waals surface area contributed by atoms with Gasteiger partial charge in [0.05, 0.1) is 0 Å². The summed E-state index contributed by atoms with van der Waals surface area (Å²) in [7, 11) is -1.39. The fourth-order valence-electron chi connectivity index (χ4n) is 2.04. The SMILES string of the molecule is CNCC(C)CNS(=O)(=O)N1CCCCCC1. The second-order valence-electron chi connectivity index (χ2n) is 4.83. The quantitative estimate of drug-likeness (QED) is 0.736. The van der Waals surface area contributed by atoms with Crippen LogP contribution in [0.25, 0.3) is 0 Å². The van der Waals surface area contributed by atoms with Crippen LogP contribution < -0.4 is 10.0 Å². The van der Waals surface area contributed by atoms with E-state index < -0.39 is 10.2 Å². The van der Waals surface area contributed by atoms with E-state index in [9.17, 15) is 8.42 Å². The highest BCUT2D eigenvalue weighted by molar-refractivity contribution is 7.87. The van der Waals surface area contributed by atoms with Crippen molar-refractivity contribution in [1.82, 2.24) is 14.3 Å². The van der Waals surface area contributed by atoms with Crippen molar-refractivity contribution in [2.45, 2.75) is 32.6 Å². The van der Waals surface area contributed by atoms with Gasteiger partial charge in [0.25, 0.3) is 10.2 Å². The van der Waals surface area contributed by atoms with Gasteiger partial charge in [0.2, 0.25) is 0 Å². The average Bonchev–Trinajstić information content (AvgIpc) is 2.56. The van der Waals surface area contributed by atoms with Gasteiger partial charge in [-0.25, -0.2) is 4.72 Å².